The predicted molar refractivity (Wildman–Crippen MR) is 86.6 cm³/mol. The number of ether oxygens (including phenoxy) is 1. The van der Waals surface area contributed by atoms with Crippen molar-refractivity contribution in [2.75, 3.05) is 30.9 Å². The van der Waals surface area contributed by atoms with E-state index in [9.17, 15) is 0 Å². The van der Waals surface area contributed by atoms with Crippen molar-refractivity contribution in [3.63, 3.8) is 0 Å². The third kappa shape index (κ3) is 3.42. The molecule has 1 N–H and O–H groups in total. The van der Waals surface area contributed by atoms with Crippen LogP contribution < -0.4 is 15.0 Å². The normalized spacial score (nSPS) is 10.3. The second-order valence-corrected chi connectivity index (χ2v) is 4.85. The van der Waals surface area contributed by atoms with Gasteiger partial charge in [0.2, 0.25) is 0 Å². The third-order valence-electron chi connectivity index (χ3n) is 3.38. The molecule has 0 atom stereocenters. The highest BCUT2D eigenvalue weighted by molar-refractivity contribution is 5.66. The maximum absolute atomic E-state index is 5.19. The summed E-state index contributed by atoms with van der Waals surface area (Å²) in [4.78, 5) is 10.8. The maximum atomic E-state index is 5.19. The van der Waals surface area contributed by atoms with Gasteiger partial charge >= 0.3 is 0 Å². The van der Waals surface area contributed by atoms with E-state index in [1.165, 1.54) is 0 Å². The summed E-state index contributed by atoms with van der Waals surface area (Å²) in [5.74, 6) is 2.63. The second kappa shape index (κ2) is 6.92. The quantitative estimate of drug-likeness (QED) is 0.882. The van der Waals surface area contributed by atoms with Gasteiger partial charge < -0.3 is 15.0 Å². The van der Waals surface area contributed by atoms with Crippen molar-refractivity contribution in [2.24, 2.45) is 0 Å². The van der Waals surface area contributed by atoms with E-state index in [1.807, 2.05) is 43.1 Å². The number of hydrogen-bond acceptors (Lipinski definition) is 5. The zero-order valence-corrected chi connectivity index (χ0v) is 13.1. The molecule has 5 nitrogen and oxygen atoms in total. The lowest BCUT2D eigenvalue weighted by Gasteiger charge is -2.21. The van der Waals surface area contributed by atoms with Crippen molar-refractivity contribution in [2.45, 2.75) is 20.3 Å². The van der Waals surface area contributed by atoms with Crippen LogP contribution in [0.1, 0.15) is 18.9 Å². The van der Waals surface area contributed by atoms with Crippen molar-refractivity contribution in [1.29, 1.82) is 0 Å². The fourth-order valence-electron chi connectivity index (χ4n) is 2.13. The summed E-state index contributed by atoms with van der Waals surface area (Å²) < 4.78 is 5.19. The molecule has 0 aliphatic carbocycles. The minimum absolute atomic E-state index is 0.844. The first-order valence-electron chi connectivity index (χ1n) is 7.10. The Balaban J connectivity index is 2.27. The number of methoxy groups -OCH3 is 1. The molecule has 0 amide bonds. The van der Waals surface area contributed by atoms with Crippen molar-refractivity contribution in [1.82, 2.24) is 9.97 Å². The first-order valence-corrected chi connectivity index (χ1v) is 7.10. The van der Waals surface area contributed by atoms with Crippen molar-refractivity contribution in [3.8, 4) is 5.75 Å². The monoisotopic (exact) mass is 286 g/mol. The van der Waals surface area contributed by atoms with Crippen molar-refractivity contribution < 1.29 is 4.74 Å². The summed E-state index contributed by atoms with van der Waals surface area (Å²) in [6.07, 6.45) is 2.66. The van der Waals surface area contributed by atoms with E-state index < -0.39 is 0 Å². The van der Waals surface area contributed by atoms with Gasteiger partial charge in [-0.2, -0.15) is 0 Å². The van der Waals surface area contributed by atoms with E-state index in [2.05, 4.69) is 22.2 Å². The molecule has 0 unspecified atom stereocenters. The van der Waals surface area contributed by atoms with Crippen LogP contribution >= 0.6 is 0 Å². The van der Waals surface area contributed by atoms with Gasteiger partial charge in [-0.15, -0.1) is 0 Å². The van der Waals surface area contributed by atoms with Crippen LogP contribution in [-0.2, 0) is 0 Å². The van der Waals surface area contributed by atoms with Crippen LogP contribution in [-0.4, -0.2) is 30.7 Å². The smallest absolute Gasteiger partial charge is 0.141 e. The number of rotatable bonds is 6. The standard InChI is InChI=1S/C16H22N4O/c1-5-10-17-15-12(2)16(19-11-18-15)20(3)13-6-8-14(21-4)9-7-13/h6-9,11H,5,10H2,1-4H3,(H,17,18,19). The van der Waals surface area contributed by atoms with Gasteiger partial charge in [-0.3, -0.25) is 0 Å². The second-order valence-electron chi connectivity index (χ2n) is 4.85. The van der Waals surface area contributed by atoms with Gasteiger partial charge in [0.1, 0.15) is 23.7 Å². The maximum Gasteiger partial charge on any atom is 0.141 e. The van der Waals surface area contributed by atoms with E-state index in [0.29, 0.717) is 0 Å². The summed E-state index contributed by atoms with van der Waals surface area (Å²) in [6.45, 7) is 5.07. The van der Waals surface area contributed by atoms with E-state index >= 15 is 0 Å². The first kappa shape index (κ1) is 15.1. The molecule has 2 aromatic rings. The fraction of sp³-hybridized carbons (Fsp3) is 0.375. The number of nitrogens with one attached hydrogen (secondary N) is 1. The Bertz CT molecular complexity index is 583. The van der Waals surface area contributed by atoms with Crippen LogP contribution in [0.2, 0.25) is 0 Å². The molecular formula is C16H22N4O. The van der Waals surface area contributed by atoms with Crippen molar-refractivity contribution in [3.05, 3.63) is 36.2 Å². The highest BCUT2D eigenvalue weighted by atomic mass is 16.5. The third-order valence-corrected chi connectivity index (χ3v) is 3.38. The summed E-state index contributed by atoms with van der Waals surface area (Å²) in [5.41, 5.74) is 2.10. The number of hydrogen-bond donors (Lipinski definition) is 1. The van der Waals surface area contributed by atoms with E-state index in [-0.39, 0.29) is 0 Å². The molecule has 0 fully saturated rings. The molecule has 0 saturated carbocycles. The van der Waals surface area contributed by atoms with Crippen LogP contribution in [0, 0.1) is 6.92 Å². The van der Waals surface area contributed by atoms with E-state index in [1.54, 1.807) is 13.4 Å². The van der Waals surface area contributed by atoms with E-state index in [4.69, 9.17) is 4.74 Å². The molecule has 1 aromatic heterocycles. The molecule has 112 valence electrons. The summed E-state index contributed by atoms with van der Waals surface area (Å²) in [7, 11) is 3.67. The van der Waals surface area contributed by atoms with Gasteiger partial charge in [0.25, 0.3) is 0 Å². The Morgan fingerprint density at radius 3 is 2.52 bits per heavy atom. The van der Waals surface area contributed by atoms with Crippen LogP contribution in [0.4, 0.5) is 17.3 Å². The van der Waals surface area contributed by atoms with Gasteiger partial charge in [0.05, 0.1) is 7.11 Å². The molecule has 0 aliphatic heterocycles. The zero-order valence-electron chi connectivity index (χ0n) is 13.1. The van der Waals surface area contributed by atoms with Gasteiger partial charge in [-0.05, 0) is 37.6 Å². The SMILES string of the molecule is CCCNc1ncnc(N(C)c2ccc(OC)cc2)c1C. The summed E-state index contributed by atoms with van der Waals surface area (Å²) in [6, 6.07) is 7.91. The Hall–Kier alpha value is -2.30. The van der Waals surface area contributed by atoms with Gasteiger partial charge in [0, 0.05) is 24.8 Å². The van der Waals surface area contributed by atoms with Gasteiger partial charge in [-0.1, -0.05) is 6.92 Å². The predicted octanol–water partition coefficient (Wildman–Crippen LogP) is 3.38. The molecule has 2 rings (SSSR count). The van der Waals surface area contributed by atoms with Crippen LogP contribution in [0.3, 0.4) is 0 Å². The minimum Gasteiger partial charge on any atom is -0.497 e. The largest absolute Gasteiger partial charge is 0.497 e. The minimum atomic E-state index is 0.844. The number of benzene rings is 1. The molecule has 0 radical (unpaired) electrons. The Morgan fingerprint density at radius 1 is 1.19 bits per heavy atom. The fourth-order valence-corrected chi connectivity index (χ4v) is 2.13. The Morgan fingerprint density at radius 2 is 1.90 bits per heavy atom. The first-order chi connectivity index (χ1) is 10.2. The van der Waals surface area contributed by atoms with Gasteiger partial charge in [0.15, 0.2) is 0 Å². The topological polar surface area (TPSA) is 50.3 Å². The lowest BCUT2D eigenvalue weighted by Crippen LogP contribution is -2.15. The summed E-state index contributed by atoms with van der Waals surface area (Å²) in [5, 5.41) is 3.33. The molecule has 0 spiro atoms. The van der Waals surface area contributed by atoms with Crippen LogP contribution in [0.15, 0.2) is 30.6 Å². The molecule has 1 aromatic carbocycles. The Kier molecular flexibility index (Phi) is 4.98. The van der Waals surface area contributed by atoms with Crippen molar-refractivity contribution >= 4 is 17.3 Å². The summed E-state index contributed by atoms with van der Waals surface area (Å²) >= 11 is 0. The van der Waals surface area contributed by atoms with Gasteiger partial charge in [-0.25, -0.2) is 9.97 Å². The molecule has 0 saturated heterocycles. The van der Waals surface area contributed by atoms with Crippen LogP contribution in [0.5, 0.6) is 5.75 Å². The lowest BCUT2D eigenvalue weighted by molar-refractivity contribution is 0.415. The van der Waals surface area contributed by atoms with Crippen LogP contribution in [0.25, 0.3) is 0 Å². The average molecular weight is 286 g/mol. The molecule has 0 aliphatic rings. The highest BCUT2D eigenvalue weighted by Crippen LogP contribution is 2.28. The number of nitrogens with zero attached hydrogens (tertiary/aromatic N) is 3. The zero-order chi connectivity index (χ0) is 15.2. The average Bonchev–Trinajstić information content (AvgIpc) is 2.53. The molecule has 5 heteroatoms. The Labute approximate surface area is 126 Å². The number of anilines is 3. The molecule has 1 heterocycles. The molecular weight excluding hydrogens is 264 g/mol. The highest BCUT2D eigenvalue weighted by Gasteiger charge is 2.12. The molecule has 0 bridgehead atoms. The van der Waals surface area contributed by atoms with E-state index in [0.717, 1.165) is 41.6 Å². The molecule has 21 heavy (non-hydrogen) atoms. The lowest BCUT2D eigenvalue weighted by atomic mass is 10.2. The number of aromatic nitrogens is 2.